The van der Waals surface area contributed by atoms with E-state index in [1.54, 1.807) is 19.1 Å². The molecule has 0 radical (unpaired) electrons. The third-order valence-electron chi connectivity index (χ3n) is 4.06. The number of aliphatic hydroxyl groups is 1. The van der Waals surface area contributed by atoms with E-state index < -0.39 is 0 Å². The largest absolute Gasteiger partial charge is 0.497 e. The second-order valence-corrected chi connectivity index (χ2v) is 5.51. The van der Waals surface area contributed by atoms with Crippen molar-refractivity contribution in [3.8, 4) is 5.75 Å². The second-order valence-electron chi connectivity index (χ2n) is 5.51. The molecule has 2 atom stereocenters. The van der Waals surface area contributed by atoms with Crippen LogP contribution in [0.2, 0.25) is 0 Å². The molecule has 0 fully saturated rings. The summed E-state index contributed by atoms with van der Waals surface area (Å²) in [5.74, 6) is 0.751. The maximum atomic E-state index is 12.4. The second kappa shape index (κ2) is 7.84. The fourth-order valence-corrected chi connectivity index (χ4v) is 2.62. The molecule has 2 unspecified atom stereocenters. The average Bonchev–Trinajstić information content (AvgIpc) is 2.57. The Hall–Kier alpha value is -2.01. The first-order valence-corrected chi connectivity index (χ1v) is 7.59. The lowest BCUT2D eigenvalue weighted by atomic mass is 10.0. The van der Waals surface area contributed by atoms with Crippen molar-refractivity contribution >= 4 is 6.03 Å². The van der Waals surface area contributed by atoms with Crippen LogP contribution in [0, 0.1) is 0 Å². The highest BCUT2D eigenvalue weighted by atomic mass is 16.5. The van der Waals surface area contributed by atoms with Crippen LogP contribution in [0.3, 0.4) is 0 Å². The number of nitrogens with one attached hydrogen (secondary N) is 1. The molecule has 120 valence electrons. The highest BCUT2D eigenvalue weighted by Crippen LogP contribution is 2.22. The zero-order valence-corrected chi connectivity index (χ0v) is 13.2. The number of ether oxygens (including phenoxy) is 1. The van der Waals surface area contributed by atoms with E-state index in [1.807, 2.05) is 24.3 Å². The van der Waals surface area contributed by atoms with E-state index in [2.05, 4.69) is 17.5 Å². The quantitative estimate of drug-likeness (QED) is 0.822. The molecule has 0 saturated heterocycles. The maximum absolute atomic E-state index is 12.4. The summed E-state index contributed by atoms with van der Waals surface area (Å²) >= 11 is 0. The molecule has 2 rings (SSSR count). The van der Waals surface area contributed by atoms with Gasteiger partial charge in [-0.1, -0.05) is 24.3 Å². The molecular weight excluding hydrogens is 280 g/mol. The first-order valence-electron chi connectivity index (χ1n) is 7.59. The van der Waals surface area contributed by atoms with Crippen molar-refractivity contribution in [3.63, 3.8) is 0 Å². The first kappa shape index (κ1) is 16.4. The molecule has 2 amide bonds. The van der Waals surface area contributed by atoms with Crippen molar-refractivity contribution < 1.29 is 14.6 Å². The summed E-state index contributed by atoms with van der Waals surface area (Å²) < 4.78 is 5.13. The molecule has 1 aromatic carbocycles. The number of benzene rings is 1. The fraction of sp³-hybridized carbons (Fsp3) is 0.471. The van der Waals surface area contributed by atoms with E-state index >= 15 is 0 Å². The zero-order chi connectivity index (χ0) is 15.9. The summed E-state index contributed by atoms with van der Waals surface area (Å²) in [4.78, 5) is 13.9. The topological polar surface area (TPSA) is 61.8 Å². The molecule has 1 aromatic rings. The van der Waals surface area contributed by atoms with E-state index in [0.717, 1.165) is 30.6 Å². The van der Waals surface area contributed by atoms with Gasteiger partial charge in [-0.05, 0) is 37.0 Å². The molecule has 0 heterocycles. The van der Waals surface area contributed by atoms with E-state index in [0.29, 0.717) is 0 Å². The van der Waals surface area contributed by atoms with Crippen LogP contribution in [0.5, 0.6) is 5.75 Å². The number of rotatable bonds is 5. The van der Waals surface area contributed by atoms with E-state index in [9.17, 15) is 9.90 Å². The Morgan fingerprint density at radius 2 is 2.14 bits per heavy atom. The number of amides is 2. The lowest BCUT2D eigenvalue weighted by Gasteiger charge is -2.30. The number of nitrogens with zero attached hydrogens (tertiary/aromatic N) is 1. The fourth-order valence-electron chi connectivity index (χ4n) is 2.62. The number of hydrogen-bond acceptors (Lipinski definition) is 3. The molecule has 0 bridgehead atoms. The van der Waals surface area contributed by atoms with Crippen LogP contribution in [0.1, 0.15) is 30.9 Å². The molecule has 1 aliphatic carbocycles. The Labute approximate surface area is 131 Å². The Balaban J connectivity index is 2.01. The highest BCUT2D eigenvalue weighted by molar-refractivity contribution is 5.74. The Morgan fingerprint density at radius 3 is 2.68 bits per heavy atom. The van der Waals surface area contributed by atoms with Gasteiger partial charge in [-0.3, -0.25) is 0 Å². The molecule has 0 aromatic heterocycles. The minimum absolute atomic E-state index is 0.124. The van der Waals surface area contributed by atoms with E-state index in [4.69, 9.17) is 4.74 Å². The number of likely N-dealkylation sites (N-methyl/N-ethyl adjacent to an activating group) is 1. The summed E-state index contributed by atoms with van der Waals surface area (Å²) in [6, 6.07) is 7.04. The SMILES string of the molecule is COc1ccc(C(CO)N(C)C(=O)NC2CC=CCC2)cc1. The normalized spacial score (nSPS) is 18.6. The number of hydrogen-bond donors (Lipinski definition) is 2. The van der Waals surface area contributed by atoms with Gasteiger partial charge in [0.2, 0.25) is 0 Å². The summed E-state index contributed by atoms with van der Waals surface area (Å²) in [6.45, 7) is -0.124. The van der Waals surface area contributed by atoms with Gasteiger partial charge in [0.25, 0.3) is 0 Å². The third-order valence-corrected chi connectivity index (χ3v) is 4.06. The third kappa shape index (κ3) is 4.01. The minimum atomic E-state index is -0.370. The number of methoxy groups -OCH3 is 1. The number of carbonyl (C=O) groups excluding carboxylic acids is 1. The van der Waals surface area contributed by atoms with E-state index in [1.165, 1.54) is 0 Å². The molecule has 0 saturated carbocycles. The van der Waals surface area contributed by atoms with Crippen molar-refractivity contribution in [2.75, 3.05) is 20.8 Å². The van der Waals surface area contributed by atoms with Gasteiger partial charge in [0.1, 0.15) is 5.75 Å². The average molecular weight is 304 g/mol. The van der Waals surface area contributed by atoms with Gasteiger partial charge >= 0.3 is 6.03 Å². The van der Waals surface area contributed by atoms with Crippen LogP contribution in [0.15, 0.2) is 36.4 Å². The molecule has 0 spiro atoms. The minimum Gasteiger partial charge on any atom is -0.497 e. The van der Waals surface area contributed by atoms with E-state index in [-0.39, 0.29) is 24.7 Å². The molecular formula is C17H24N2O3. The van der Waals surface area contributed by atoms with Crippen LogP contribution < -0.4 is 10.1 Å². The number of aliphatic hydroxyl groups excluding tert-OH is 1. The predicted octanol–water partition coefficient (Wildman–Crippen LogP) is 2.48. The van der Waals surface area contributed by atoms with Crippen molar-refractivity contribution in [3.05, 3.63) is 42.0 Å². The molecule has 1 aliphatic rings. The van der Waals surface area contributed by atoms with Crippen LogP contribution in [-0.2, 0) is 0 Å². The lowest BCUT2D eigenvalue weighted by molar-refractivity contribution is 0.147. The van der Waals surface area contributed by atoms with Gasteiger partial charge in [-0.15, -0.1) is 0 Å². The van der Waals surface area contributed by atoms with Crippen LogP contribution >= 0.6 is 0 Å². The Kier molecular flexibility index (Phi) is 5.83. The maximum Gasteiger partial charge on any atom is 0.317 e. The monoisotopic (exact) mass is 304 g/mol. The lowest BCUT2D eigenvalue weighted by Crippen LogP contribution is -2.45. The van der Waals surface area contributed by atoms with Gasteiger partial charge in [-0.2, -0.15) is 0 Å². The van der Waals surface area contributed by atoms with Crippen molar-refractivity contribution in [1.29, 1.82) is 0 Å². The molecule has 5 heteroatoms. The standard InChI is InChI=1S/C17H24N2O3/c1-19(17(21)18-14-6-4-3-5-7-14)16(12-20)13-8-10-15(22-2)11-9-13/h3-4,8-11,14,16,20H,5-7,12H2,1-2H3,(H,18,21). The summed E-state index contributed by atoms with van der Waals surface area (Å²) in [6.07, 6.45) is 7.06. The molecule has 5 nitrogen and oxygen atoms in total. The number of urea groups is 1. The highest BCUT2D eigenvalue weighted by Gasteiger charge is 2.23. The summed E-state index contributed by atoms with van der Waals surface area (Å²) in [5.41, 5.74) is 0.879. The zero-order valence-electron chi connectivity index (χ0n) is 13.2. The summed E-state index contributed by atoms with van der Waals surface area (Å²) in [7, 11) is 3.32. The number of allylic oxidation sites excluding steroid dienone is 1. The molecule has 22 heavy (non-hydrogen) atoms. The van der Waals surface area contributed by atoms with Gasteiger partial charge in [0.05, 0.1) is 19.8 Å². The smallest absolute Gasteiger partial charge is 0.317 e. The molecule has 0 aliphatic heterocycles. The van der Waals surface area contributed by atoms with Crippen molar-refractivity contribution in [2.24, 2.45) is 0 Å². The Bertz CT molecular complexity index is 513. The predicted molar refractivity (Wildman–Crippen MR) is 85.9 cm³/mol. The number of carbonyl (C=O) groups is 1. The van der Waals surface area contributed by atoms with Crippen LogP contribution in [-0.4, -0.2) is 42.8 Å². The van der Waals surface area contributed by atoms with Gasteiger partial charge in [0, 0.05) is 13.1 Å². The van der Waals surface area contributed by atoms with Crippen LogP contribution in [0.25, 0.3) is 0 Å². The van der Waals surface area contributed by atoms with Crippen molar-refractivity contribution in [1.82, 2.24) is 10.2 Å². The summed E-state index contributed by atoms with van der Waals surface area (Å²) in [5, 5.41) is 12.7. The molecule has 2 N–H and O–H groups in total. The van der Waals surface area contributed by atoms with Gasteiger partial charge in [-0.25, -0.2) is 4.79 Å². The van der Waals surface area contributed by atoms with Gasteiger partial charge in [0.15, 0.2) is 0 Å². The van der Waals surface area contributed by atoms with Crippen LogP contribution in [0.4, 0.5) is 4.79 Å². The Morgan fingerprint density at radius 1 is 1.41 bits per heavy atom. The van der Waals surface area contributed by atoms with Crippen molar-refractivity contribution in [2.45, 2.75) is 31.3 Å². The van der Waals surface area contributed by atoms with Gasteiger partial charge < -0.3 is 20.1 Å². The first-order chi connectivity index (χ1) is 10.7.